The Morgan fingerprint density at radius 3 is 2.88 bits per heavy atom. The predicted octanol–water partition coefficient (Wildman–Crippen LogP) is 1.86. The van der Waals surface area contributed by atoms with E-state index in [9.17, 15) is 0 Å². The lowest BCUT2D eigenvalue weighted by Gasteiger charge is -2.15. The number of pyridine rings is 1. The minimum absolute atomic E-state index is 0.126. The van der Waals surface area contributed by atoms with Gasteiger partial charge in [-0.1, -0.05) is 12.2 Å². The van der Waals surface area contributed by atoms with Crippen LogP contribution >= 0.6 is 12.2 Å². The van der Waals surface area contributed by atoms with Crippen molar-refractivity contribution in [1.29, 1.82) is 0 Å². The third-order valence-electron chi connectivity index (χ3n) is 2.31. The summed E-state index contributed by atoms with van der Waals surface area (Å²) in [6.07, 6.45) is 0.126. The average molecular weight is 253 g/mol. The fraction of sp³-hybridized carbons (Fsp3) is 0.500. The number of ether oxygens (including phenoxy) is 1. The zero-order valence-corrected chi connectivity index (χ0v) is 11.3. The number of rotatable bonds is 6. The van der Waals surface area contributed by atoms with E-state index in [-0.39, 0.29) is 6.10 Å². The molecule has 4 nitrogen and oxygen atoms in total. The van der Waals surface area contributed by atoms with E-state index < -0.39 is 0 Å². The molecule has 0 aliphatic carbocycles. The Kier molecular flexibility index (Phi) is 5.31. The molecule has 94 valence electrons. The van der Waals surface area contributed by atoms with Gasteiger partial charge < -0.3 is 15.8 Å². The molecule has 1 atom stereocenters. The molecule has 0 bridgehead atoms. The molecular weight excluding hydrogens is 234 g/mol. The predicted molar refractivity (Wildman–Crippen MR) is 74.4 cm³/mol. The van der Waals surface area contributed by atoms with E-state index in [0.717, 1.165) is 17.1 Å². The summed E-state index contributed by atoms with van der Waals surface area (Å²) in [5.41, 5.74) is 7.35. The van der Waals surface area contributed by atoms with Crippen LogP contribution in [0.2, 0.25) is 0 Å². The van der Waals surface area contributed by atoms with Gasteiger partial charge in [0.25, 0.3) is 0 Å². The molecule has 1 rings (SSSR count). The third kappa shape index (κ3) is 4.28. The molecule has 0 aliphatic heterocycles. The van der Waals surface area contributed by atoms with E-state index in [1.165, 1.54) is 0 Å². The Balaban J connectivity index is 2.75. The molecule has 17 heavy (non-hydrogen) atoms. The molecule has 5 heteroatoms. The quantitative estimate of drug-likeness (QED) is 0.758. The molecule has 1 aromatic rings. The zero-order valence-electron chi connectivity index (χ0n) is 10.5. The van der Waals surface area contributed by atoms with Crippen LogP contribution in [0, 0.1) is 6.92 Å². The second-order valence-electron chi connectivity index (χ2n) is 3.86. The van der Waals surface area contributed by atoms with Gasteiger partial charge in [-0.05, 0) is 32.9 Å². The second kappa shape index (κ2) is 6.51. The highest BCUT2D eigenvalue weighted by Crippen LogP contribution is 2.13. The summed E-state index contributed by atoms with van der Waals surface area (Å²) >= 11 is 4.99. The largest absolute Gasteiger partial charge is 0.389 e. The van der Waals surface area contributed by atoms with Gasteiger partial charge in [0.15, 0.2) is 0 Å². The fourth-order valence-corrected chi connectivity index (χ4v) is 1.64. The Labute approximate surface area is 108 Å². The Bertz CT molecular complexity index is 395. The van der Waals surface area contributed by atoms with Crippen LogP contribution in [0.1, 0.15) is 25.1 Å². The summed E-state index contributed by atoms with van der Waals surface area (Å²) in [6.45, 7) is 7.29. The van der Waals surface area contributed by atoms with Crippen LogP contribution in [0.15, 0.2) is 12.1 Å². The summed E-state index contributed by atoms with van der Waals surface area (Å²) in [4.78, 5) is 4.74. The first-order valence-corrected chi connectivity index (χ1v) is 6.08. The highest BCUT2D eigenvalue weighted by Gasteiger charge is 2.08. The minimum atomic E-state index is 0.126. The van der Waals surface area contributed by atoms with Crippen molar-refractivity contribution in [3.05, 3.63) is 23.4 Å². The van der Waals surface area contributed by atoms with Crippen molar-refractivity contribution in [2.24, 2.45) is 5.73 Å². The topological polar surface area (TPSA) is 60.2 Å². The molecule has 0 aromatic carbocycles. The molecule has 0 spiro atoms. The molecule has 1 aromatic heterocycles. The summed E-state index contributed by atoms with van der Waals surface area (Å²) < 4.78 is 5.44. The number of nitrogens with zero attached hydrogens (tertiary/aromatic N) is 1. The van der Waals surface area contributed by atoms with Crippen molar-refractivity contribution in [2.75, 3.05) is 18.5 Å². The van der Waals surface area contributed by atoms with Crippen LogP contribution < -0.4 is 11.1 Å². The molecule has 0 saturated carbocycles. The lowest BCUT2D eigenvalue weighted by molar-refractivity contribution is 0.0855. The Morgan fingerprint density at radius 1 is 1.59 bits per heavy atom. The summed E-state index contributed by atoms with van der Waals surface area (Å²) in [5, 5.41) is 3.22. The Hall–Kier alpha value is -1.20. The van der Waals surface area contributed by atoms with E-state index in [2.05, 4.69) is 10.3 Å². The first kappa shape index (κ1) is 13.9. The van der Waals surface area contributed by atoms with Gasteiger partial charge >= 0.3 is 0 Å². The average Bonchev–Trinajstić information content (AvgIpc) is 2.26. The molecular formula is C12H19N3OS. The van der Waals surface area contributed by atoms with Gasteiger partial charge in [-0.2, -0.15) is 0 Å². The first-order valence-electron chi connectivity index (χ1n) is 5.67. The van der Waals surface area contributed by atoms with Crippen molar-refractivity contribution in [1.82, 2.24) is 4.98 Å². The lowest BCUT2D eigenvalue weighted by Crippen LogP contribution is -2.22. The molecule has 0 fully saturated rings. The normalized spacial score (nSPS) is 12.2. The third-order valence-corrected chi connectivity index (χ3v) is 2.53. The highest BCUT2D eigenvalue weighted by molar-refractivity contribution is 7.80. The van der Waals surface area contributed by atoms with Crippen LogP contribution in [0.25, 0.3) is 0 Å². The molecule has 0 aliphatic rings. The first-order chi connectivity index (χ1) is 8.04. The number of nitrogens with one attached hydrogen (secondary N) is 1. The molecule has 1 unspecified atom stereocenters. The second-order valence-corrected chi connectivity index (χ2v) is 4.30. The van der Waals surface area contributed by atoms with E-state index in [1.807, 2.05) is 32.9 Å². The smallest absolute Gasteiger partial charge is 0.136 e. The lowest BCUT2D eigenvalue weighted by atomic mass is 10.2. The standard InChI is InChI=1S/C12H19N3OS/c1-4-16-9(3)7-14-12-10(11(13)17)6-5-8(2)15-12/h5-6,9H,4,7H2,1-3H3,(H2,13,17)(H,14,15). The van der Waals surface area contributed by atoms with E-state index in [1.54, 1.807) is 0 Å². The number of nitrogens with two attached hydrogens (primary N) is 1. The summed E-state index contributed by atoms with van der Waals surface area (Å²) in [7, 11) is 0. The van der Waals surface area contributed by atoms with Crippen LogP contribution in [0.4, 0.5) is 5.82 Å². The van der Waals surface area contributed by atoms with Gasteiger partial charge in [0.1, 0.15) is 10.8 Å². The van der Waals surface area contributed by atoms with Gasteiger partial charge in [0, 0.05) is 18.8 Å². The van der Waals surface area contributed by atoms with Crippen LogP contribution in [0.3, 0.4) is 0 Å². The monoisotopic (exact) mass is 253 g/mol. The van der Waals surface area contributed by atoms with Crippen molar-refractivity contribution >= 4 is 23.0 Å². The highest BCUT2D eigenvalue weighted by atomic mass is 32.1. The number of anilines is 1. The zero-order chi connectivity index (χ0) is 12.8. The SMILES string of the molecule is CCOC(C)CNc1nc(C)ccc1C(N)=S. The number of aryl methyl sites for hydroxylation is 1. The summed E-state index contributed by atoms with van der Waals surface area (Å²) in [5.74, 6) is 0.726. The number of hydrogen-bond donors (Lipinski definition) is 2. The van der Waals surface area contributed by atoms with Crippen LogP contribution in [-0.4, -0.2) is 29.2 Å². The van der Waals surface area contributed by atoms with Gasteiger partial charge in [-0.15, -0.1) is 0 Å². The van der Waals surface area contributed by atoms with E-state index in [4.69, 9.17) is 22.7 Å². The molecule has 0 amide bonds. The number of hydrogen-bond acceptors (Lipinski definition) is 4. The fourth-order valence-electron chi connectivity index (χ4n) is 1.47. The molecule has 1 heterocycles. The van der Waals surface area contributed by atoms with Crippen molar-refractivity contribution < 1.29 is 4.74 Å². The maximum atomic E-state index is 5.65. The van der Waals surface area contributed by atoms with Gasteiger partial charge in [0.05, 0.1) is 11.7 Å². The van der Waals surface area contributed by atoms with Crippen LogP contribution in [-0.2, 0) is 4.74 Å². The van der Waals surface area contributed by atoms with Gasteiger partial charge in [-0.3, -0.25) is 0 Å². The Morgan fingerprint density at radius 2 is 2.29 bits per heavy atom. The summed E-state index contributed by atoms with van der Waals surface area (Å²) in [6, 6.07) is 3.78. The van der Waals surface area contributed by atoms with Crippen molar-refractivity contribution in [2.45, 2.75) is 26.9 Å². The van der Waals surface area contributed by atoms with Crippen molar-refractivity contribution in [3.63, 3.8) is 0 Å². The van der Waals surface area contributed by atoms with Gasteiger partial charge in [0.2, 0.25) is 0 Å². The molecule has 3 N–H and O–H groups in total. The van der Waals surface area contributed by atoms with E-state index in [0.29, 0.717) is 18.1 Å². The maximum absolute atomic E-state index is 5.65. The molecule has 0 saturated heterocycles. The van der Waals surface area contributed by atoms with Crippen molar-refractivity contribution in [3.8, 4) is 0 Å². The van der Waals surface area contributed by atoms with E-state index >= 15 is 0 Å². The van der Waals surface area contributed by atoms with Gasteiger partial charge in [-0.25, -0.2) is 4.98 Å². The maximum Gasteiger partial charge on any atom is 0.136 e. The molecule has 0 radical (unpaired) electrons. The minimum Gasteiger partial charge on any atom is -0.389 e. The number of thiocarbonyl (C=S) groups is 1. The number of aromatic nitrogens is 1. The van der Waals surface area contributed by atoms with Crippen LogP contribution in [0.5, 0.6) is 0 Å².